The summed E-state index contributed by atoms with van der Waals surface area (Å²) in [7, 11) is 0. The minimum Gasteiger partial charge on any atom is -0.369 e. The van der Waals surface area contributed by atoms with Crippen molar-refractivity contribution in [2.24, 2.45) is 0 Å². The van der Waals surface area contributed by atoms with Crippen LogP contribution in [0.2, 0.25) is 0 Å². The summed E-state index contributed by atoms with van der Waals surface area (Å²) in [5.41, 5.74) is 7.78. The van der Waals surface area contributed by atoms with E-state index in [2.05, 4.69) is 24.8 Å². The van der Waals surface area contributed by atoms with Gasteiger partial charge in [0.15, 0.2) is 5.65 Å². The molecule has 1 amide bonds. The molecule has 3 aromatic heterocycles. The minimum atomic E-state index is -0.0438. The molecule has 0 radical (unpaired) electrons. The van der Waals surface area contributed by atoms with Gasteiger partial charge >= 0.3 is 0 Å². The third kappa shape index (κ3) is 2.81. The highest BCUT2D eigenvalue weighted by Gasteiger charge is 2.24. The fourth-order valence-corrected chi connectivity index (χ4v) is 3.20. The van der Waals surface area contributed by atoms with Crippen molar-refractivity contribution >= 4 is 29.0 Å². The van der Waals surface area contributed by atoms with E-state index in [9.17, 15) is 4.79 Å². The summed E-state index contributed by atoms with van der Waals surface area (Å²) >= 11 is 0. The van der Waals surface area contributed by atoms with E-state index in [1.54, 1.807) is 30.7 Å². The maximum Gasteiger partial charge on any atom is 0.255 e. The molecule has 1 fully saturated rings. The van der Waals surface area contributed by atoms with Crippen LogP contribution in [0.3, 0.4) is 0 Å². The molecule has 0 aliphatic carbocycles. The first-order valence-corrected chi connectivity index (χ1v) is 8.60. The highest BCUT2D eigenvalue weighted by Crippen LogP contribution is 2.18. The molecular weight excluding hydrogens is 332 g/mol. The van der Waals surface area contributed by atoms with Gasteiger partial charge in [0.25, 0.3) is 5.91 Å². The number of piperazine rings is 1. The molecule has 9 heteroatoms. The number of amides is 1. The number of nitrogen functional groups attached to an aromatic ring is 1. The van der Waals surface area contributed by atoms with Crippen molar-refractivity contribution in [3.8, 4) is 0 Å². The number of nitrogens with zero attached hydrogens (tertiary/aromatic N) is 7. The molecule has 3 aromatic rings. The first kappa shape index (κ1) is 16.2. The van der Waals surface area contributed by atoms with Crippen molar-refractivity contribution in [3.05, 3.63) is 36.3 Å². The van der Waals surface area contributed by atoms with E-state index in [4.69, 9.17) is 5.73 Å². The van der Waals surface area contributed by atoms with Gasteiger partial charge in [-0.05, 0) is 19.1 Å². The largest absolute Gasteiger partial charge is 0.369 e. The van der Waals surface area contributed by atoms with Crippen molar-refractivity contribution in [3.63, 3.8) is 0 Å². The Morgan fingerprint density at radius 1 is 1.15 bits per heavy atom. The first-order valence-electron chi connectivity index (χ1n) is 8.60. The Hall–Kier alpha value is -3.23. The average Bonchev–Trinajstić information content (AvgIpc) is 3.02. The molecule has 0 bridgehead atoms. The Labute approximate surface area is 150 Å². The second-order valence-electron chi connectivity index (χ2n) is 6.11. The maximum atomic E-state index is 12.8. The number of aryl methyl sites for hydroxylation is 1. The average molecular weight is 352 g/mol. The van der Waals surface area contributed by atoms with Crippen LogP contribution in [0.1, 0.15) is 17.3 Å². The number of aromatic nitrogens is 5. The van der Waals surface area contributed by atoms with Gasteiger partial charge in [-0.15, -0.1) is 0 Å². The molecule has 0 atom stereocenters. The lowest BCUT2D eigenvalue weighted by Gasteiger charge is -2.34. The fraction of sp³-hybridized carbons (Fsp3) is 0.353. The Morgan fingerprint density at radius 3 is 2.58 bits per heavy atom. The van der Waals surface area contributed by atoms with Crippen LogP contribution in [-0.2, 0) is 6.54 Å². The van der Waals surface area contributed by atoms with Gasteiger partial charge in [-0.25, -0.2) is 19.9 Å². The quantitative estimate of drug-likeness (QED) is 0.742. The Balaban J connectivity index is 1.49. The zero-order chi connectivity index (χ0) is 18.1. The number of imidazole rings is 1. The number of rotatable bonds is 3. The second kappa shape index (κ2) is 6.58. The van der Waals surface area contributed by atoms with Crippen molar-refractivity contribution < 1.29 is 4.79 Å². The summed E-state index contributed by atoms with van der Waals surface area (Å²) in [5, 5.41) is 0. The van der Waals surface area contributed by atoms with Gasteiger partial charge in [0.1, 0.15) is 5.52 Å². The van der Waals surface area contributed by atoms with Crippen molar-refractivity contribution in [2.75, 3.05) is 36.8 Å². The smallest absolute Gasteiger partial charge is 0.255 e. The van der Waals surface area contributed by atoms with E-state index in [-0.39, 0.29) is 5.91 Å². The van der Waals surface area contributed by atoms with Gasteiger partial charge < -0.3 is 15.5 Å². The van der Waals surface area contributed by atoms with E-state index in [1.807, 2.05) is 16.4 Å². The summed E-state index contributed by atoms with van der Waals surface area (Å²) in [4.78, 5) is 33.9. The molecule has 0 spiro atoms. The Morgan fingerprint density at radius 2 is 1.88 bits per heavy atom. The number of hydrogen-bond donors (Lipinski definition) is 1. The van der Waals surface area contributed by atoms with Crippen LogP contribution < -0.4 is 10.6 Å². The predicted octanol–water partition coefficient (Wildman–Crippen LogP) is 0.786. The molecule has 134 valence electrons. The summed E-state index contributed by atoms with van der Waals surface area (Å²) in [6, 6.07) is 3.55. The van der Waals surface area contributed by atoms with Crippen LogP contribution in [0.15, 0.2) is 30.7 Å². The number of nitrogens with two attached hydrogens (primary N) is 1. The Kier molecular flexibility index (Phi) is 4.11. The molecule has 26 heavy (non-hydrogen) atoms. The summed E-state index contributed by atoms with van der Waals surface area (Å²) < 4.78 is 1.82. The van der Waals surface area contributed by atoms with Gasteiger partial charge in [-0.3, -0.25) is 9.36 Å². The summed E-state index contributed by atoms with van der Waals surface area (Å²) in [6.07, 6.45) is 5.05. The second-order valence-corrected chi connectivity index (χ2v) is 6.11. The molecule has 4 heterocycles. The van der Waals surface area contributed by atoms with Crippen LogP contribution in [0.25, 0.3) is 11.2 Å². The third-order valence-electron chi connectivity index (χ3n) is 4.58. The van der Waals surface area contributed by atoms with Crippen LogP contribution in [0, 0.1) is 0 Å². The number of anilines is 2. The van der Waals surface area contributed by atoms with Gasteiger partial charge in [-0.1, -0.05) is 0 Å². The number of pyridine rings is 1. The van der Waals surface area contributed by atoms with E-state index >= 15 is 0 Å². The first-order chi connectivity index (χ1) is 12.7. The highest BCUT2D eigenvalue weighted by molar-refractivity contribution is 5.96. The molecule has 4 rings (SSSR count). The summed E-state index contributed by atoms with van der Waals surface area (Å²) in [6.45, 7) is 5.29. The van der Waals surface area contributed by atoms with Gasteiger partial charge in [0, 0.05) is 51.3 Å². The zero-order valence-corrected chi connectivity index (χ0v) is 14.5. The molecule has 0 aromatic carbocycles. The highest BCUT2D eigenvalue weighted by atomic mass is 16.2. The topological polar surface area (TPSA) is 106 Å². The summed E-state index contributed by atoms with van der Waals surface area (Å²) in [5.74, 6) is 1.07. The predicted molar refractivity (Wildman–Crippen MR) is 97.8 cm³/mol. The number of carbonyl (C=O) groups excluding carboxylic acids is 1. The lowest BCUT2D eigenvalue weighted by atomic mass is 10.2. The van der Waals surface area contributed by atoms with Gasteiger partial charge in [0.05, 0.1) is 5.56 Å². The molecule has 1 aliphatic rings. The number of carbonyl (C=O) groups is 1. The molecular formula is C17H20N8O. The minimum absolute atomic E-state index is 0.0438. The zero-order valence-electron chi connectivity index (χ0n) is 14.5. The molecule has 9 nitrogen and oxygen atoms in total. The van der Waals surface area contributed by atoms with Crippen molar-refractivity contribution in [1.82, 2.24) is 29.4 Å². The molecule has 0 unspecified atom stereocenters. The molecule has 1 aliphatic heterocycles. The van der Waals surface area contributed by atoms with Crippen molar-refractivity contribution in [2.45, 2.75) is 13.5 Å². The van der Waals surface area contributed by atoms with Crippen LogP contribution in [-0.4, -0.2) is 61.5 Å². The number of fused-ring (bicyclic) bond motifs is 1. The monoisotopic (exact) mass is 352 g/mol. The fourth-order valence-electron chi connectivity index (χ4n) is 3.20. The van der Waals surface area contributed by atoms with Crippen LogP contribution in [0.5, 0.6) is 0 Å². The lowest BCUT2D eigenvalue weighted by Crippen LogP contribution is -2.49. The third-order valence-corrected chi connectivity index (χ3v) is 4.58. The SMILES string of the molecule is CCn1c(N)nc2cc(C(=O)N3CCN(c4ncccn4)CC3)cnc21. The standard InChI is InChI=1S/C17H20N8O/c1-2-25-14-13(22-16(25)18)10-12(11-21-14)15(26)23-6-8-24(9-7-23)17-19-4-3-5-20-17/h3-5,10-11H,2,6-9H2,1H3,(H2,18,22). The van der Waals surface area contributed by atoms with Crippen LogP contribution >= 0.6 is 0 Å². The van der Waals surface area contributed by atoms with E-state index in [0.717, 1.165) is 0 Å². The van der Waals surface area contributed by atoms with E-state index in [1.165, 1.54) is 0 Å². The van der Waals surface area contributed by atoms with Gasteiger partial charge in [0.2, 0.25) is 11.9 Å². The maximum absolute atomic E-state index is 12.8. The molecule has 1 saturated heterocycles. The van der Waals surface area contributed by atoms with E-state index < -0.39 is 0 Å². The van der Waals surface area contributed by atoms with Crippen molar-refractivity contribution in [1.29, 1.82) is 0 Å². The lowest BCUT2D eigenvalue weighted by molar-refractivity contribution is 0.0746. The van der Waals surface area contributed by atoms with Gasteiger partial charge in [-0.2, -0.15) is 0 Å². The Bertz CT molecular complexity index is 931. The van der Waals surface area contributed by atoms with Crippen LogP contribution in [0.4, 0.5) is 11.9 Å². The normalized spacial score (nSPS) is 14.8. The molecule has 2 N–H and O–H groups in total. The molecule has 0 saturated carbocycles. The number of hydrogen-bond acceptors (Lipinski definition) is 7. The van der Waals surface area contributed by atoms with E-state index in [0.29, 0.717) is 61.3 Å².